The van der Waals surface area contributed by atoms with Gasteiger partial charge in [0.25, 0.3) is 0 Å². The lowest BCUT2D eigenvalue weighted by Gasteiger charge is -2.21. The van der Waals surface area contributed by atoms with E-state index in [9.17, 15) is 22.8 Å². The van der Waals surface area contributed by atoms with E-state index >= 15 is 0 Å². The molecule has 1 aromatic rings. The van der Waals surface area contributed by atoms with Crippen LogP contribution in [0.2, 0.25) is 0 Å². The number of halogens is 3. The topological polar surface area (TPSA) is 90.8 Å². The Labute approximate surface area is 163 Å². The number of hydrogen-bond acceptors (Lipinski definition) is 5. The number of likely N-dealkylation sites (tertiary alicyclic amines) is 2. The third kappa shape index (κ3) is 4.62. The second-order valence-electron chi connectivity index (χ2n) is 7.26. The lowest BCUT2D eigenvalue weighted by atomic mass is 10.0. The van der Waals surface area contributed by atoms with Gasteiger partial charge < -0.3 is 14.9 Å². The van der Waals surface area contributed by atoms with Crippen LogP contribution in [0.15, 0.2) is 5.38 Å². The van der Waals surface area contributed by atoms with Crippen molar-refractivity contribution in [2.24, 2.45) is 17.8 Å². The molecular formula is C17H20F3N3O4S. The van der Waals surface area contributed by atoms with Gasteiger partial charge in [-0.2, -0.15) is 13.2 Å². The predicted octanol–water partition coefficient (Wildman–Crippen LogP) is 1.91. The van der Waals surface area contributed by atoms with Crippen LogP contribution < -0.4 is 0 Å². The van der Waals surface area contributed by atoms with Gasteiger partial charge >= 0.3 is 12.1 Å². The van der Waals surface area contributed by atoms with Crippen LogP contribution in [0.4, 0.5) is 13.2 Å². The van der Waals surface area contributed by atoms with Gasteiger partial charge in [-0.25, -0.2) is 9.78 Å². The molecule has 2 amide bonds. The molecule has 4 rings (SSSR count). The Balaban J connectivity index is 0.000000279. The Bertz CT molecular complexity index is 778. The Morgan fingerprint density at radius 1 is 1.29 bits per heavy atom. The van der Waals surface area contributed by atoms with Crippen molar-refractivity contribution in [2.45, 2.75) is 32.5 Å². The number of thiazole rings is 1. The molecule has 1 aromatic heterocycles. The van der Waals surface area contributed by atoms with Gasteiger partial charge in [-0.1, -0.05) is 0 Å². The largest absolute Gasteiger partial charge is 0.490 e. The molecule has 1 saturated carbocycles. The molecule has 154 valence electrons. The number of fused-ring (bicyclic) bond motifs is 1. The summed E-state index contributed by atoms with van der Waals surface area (Å²) in [6.45, 7) is 4.76. The number of aromatic nitrogens is 1. The minimum Gasteiger partial charge on any atom is -0.475 e. The fourth-order valence-electron chi connectivity index (χ4n) is 3.53. The molecule has 7 nitrogen and oxygen atoms in total. The molecule has 1 N–H and O–H groups in total. The lowest BCUT2D eigenvalue weighted by Crippen LogP contribution is -2.36. The van der Waals surface area contributed by atoms with E-state index in [0.717, 1.165) is 36.6 Å². The van der Waals surface area contributed by atoms with E-state index in [-0.39, 0.29) is 23.7 Å². The van der Waals surface area contributed by atoms with Gasteiger partial charge in [-0.05, 0) is 19.8 Å². The van der Waals surface area contributed by atoms with Crippen molar-refractivity contribution < 1.29 is 32.7 Å². The molecular weight excluding hydrogens is 399 g/mol. The van der Waals surface area contributed by atoms with Gasteiger partial charge in [0.15, 0.2) is 0 Å². The minimum atomic E-state index is -5.08. The molecule has 3 heterocycles. The number of carbonyl (C=O) groups excluding carboxylic acids is 2. The summed E-state index contributed by atoms with van der Waals surface area (Å²) in [7, 11) is 0. The smallest absolute Gasteiger partial charge is 0.475 e. The average molecular weight is 419 g/mol. The summed E-state index contributed by atoms with van der Waals surface area (Å²) in [6, 6.07) is 0. The molecule has 0 unspecified atom stereocenters. The van der Waals surface area contributed by atoms with Crippen molar-refractivity contribution in [1.82, 2.24) is 14.8 Å². The number of nitrogens with zero attached hydrogens (tertiary/aromatic N) is 3. The maximum Gasteiger partial charge on any atom is 0.490 e. The summed E-state index contributed by atoms with van der Waals surface area (Å²) >= 11 is 1.62. The third-order valence-corrected chi connectivity index (χ3v) is 5.85. The van der Waals surface area contributed by atoms with Gasteiger partial charge in [-0.3, -0.25) is 9.59 Å². The first-order chi connectivity index (χ1) is 13.1. The average Bonchev–Trinajstić information content (AvgIpc) is 3.15. The van der Waals surface area contributed by atoms with E-state index in [2.05, 4.69) is 4.98 Å². The molecule has 0 radical (unpaired) electrons. The first-order valence-electron chi connectivity index (χ1n) is 8.85. The van der Waals surface area contributed by atoms with Crippen molar-refractivity contribution in [1.29, 1.82) is 0 Å². The van der Waals surface area contributed by atoms with Crippen LogP contribution in [0.1, 0.15) is 23.5 Å². The summed E-state index contributed by atoms with van der Waals surface area (Å²) < 4.78 is 31.7. The molecule has 0 spiro atoms. The summed E-state index contributed by atoms with van der Waals surface area (Å²) in [5.74, 6) is -1.68. The lowest BCUT2D eigenvalue weighted by molar-refractivity contribution is -0.192. The SMILES string of the molecule is Cc1nc(CN2C[C@@H]3CN(C(=O)C4CC4)C[C@@H]3C2=O)cs1.O=C(O)C(F)(F)F. The molecule has 3 fully saturated rings. The van der Waals surface area contributed by atoms with Crippen LogP contribution in [-0.2, 0) is 20.9 Å². The maximum absolute atomic E-state index is 12.5. The van der Waals surface area contributed by atoms with Crippen LogP contribution in [0.25, 0.3) is 0 Å². The molecule has 3 aliphatic rings. The Kier molecular flexibility index (Phi) is 5.64. The standard InChI is InChI=1S/C15H19N3O2S.C2HF3O2/c1-9-16-12(8-21-9)6-17-4-11-5-18(7-13(11)15(17)20)14(19)10-2-3-10;3-2(4,5)1(6)7/h8,10-11,13H,2-7H2,1H3;(H,6,7)/t11-,13+;/m1./s1. The van der Waals surface area contributed by atoms with Gasteiger partial charge in [-0.15, -0.1) is 11.3 Å². The molecule has 1 aliphatic carbocycles. The summed E-state index contributed by atoms with van der Waals surface area (Å²) in [5.41, 5.74) is 0.983. The third-order valence-electron chi connectivity index (χ3n) is 5.02. The molecule has 0 aromatic carbocycles. The molecule has 11 heteroatoms. The number of rotatable bonds is 3. The van der Waals surface area contributed by atoms with Crippen LogP contribution in [-0.4, -0.2) is 63.5 Å². The van der Waals surface area contributed by atoms with Gasteiger partial charge in [0.1, 0.15) is 0 Å². The van der Waals surface area contributed by atoms with Crippen molar-refractivity contribution in [3.63, 3.8) is 0 Å². The van der Waals surface area contributed by atoms with Crippen LogP contribution in [0.3, 0.4) is 0 Å². The predicted molar refractivity (Wildman–Crippen MR) is 92.2 cm³/mol. The zero-order chi connectivity index (χ0) is 20.6. The fraction of sp³-hybridized carbons (Fsp3) is 0.647. The number of aryl methyl sites for hydroxylation is 1. The number of carbonyl (C=O) groups is 3. The number of amides is 2. The van der Waals surface area contributed by atoms with E-state index in [1.165, 1.54) is 0 Å². The van der Waals surface area contributed by atoms with Crippen molar-refractivity contribution in [3.05, 3.63) is 16.1 Å². The fourth-order valence-corrected chi connectivity index (χ4v) is 4.13. The van der Waals surface area contributed by atoms with Gasteiger partial charge in [0.2, 0.25) is 11.8 Å². The highest BCUT2D eigenvalue weighted by Crippen LogP contribution is 2.37. The van der Waals surface area contributed by atoms with Crippen molar-refractivity contribution >= 4 is 29.1 Å². The minimum absolute atomic E-state index is 0.0208. The summed E-state index contributed by atoms with van der Waals surface area (Å²) in [4.78, 5) is 41.8. The highest BCUT2D eigenvalue weighted by Gasteiger charge is 2.49. The van der Waals surface area contributed by atoms with Gasteiger partial charge in [0.05, 0.1) is 23.2 Å². The van der Waals surface area contributed by atoms with E-state index in [0.29, 0.717) is 19.0 Å². The van der Waals surface area contributed by atoms with E-state index in [4.69, 9.17) is 9.90 Å². The summed E-state index contributed by atoms with van der Waals surface area (Å²) in [5, 5.41) is 10.2. The second kappa shape index (κ2) is 7.69. The van der Waals surface area contributed by atoms with Crippen LogP contribution in [0, 0.1) is 24.7 Å². The zero-order valence-electron chi connectivity index (χ0n) is 15.1. The molecule has 2 aliphatic heterocycles. The zero-order valence-corrected chi connectivity index (χ0v) is 15.9. The number of alkyl halides is 3. The van der Waals surface area contributed by atoms with E-state index < -0.39 is 12.1 Å². The Hall–Kier alpha value is -2.17. The van der Waals surface area contributed by atoms with Crippen molar-refractivity contribution in [2.75, 3.05) is 19.6 Å². The second-order valence-corrected chi connectivity index (χ2v) is 8.33. The first kappa shape index (κ1) is 20.6. The van der Waals surface area contributed by atoms with Crippen molar-refractivity contribution in [3.8, 4) is 0 Å². The first-order valence-corrected chi connectivity index (χ1v) is 9.73. The maximum atomic E-state index is 12.5. The van der Waals surface area contributed by atoms with E-state index in [1.54, 1.807) is 11.3 Å². The molecule has 28 heavy (non-hydrogen) atoms. The Morgan fingerprint density at radius 3 is 2.39 bits per heavy atom. The molecule has 2 saturated heterocycles. The normalized spacial score (nSPS) is 24.1. The highest BCUT2D eigenvalue weighted by atomic mass is 32.1. The highest BCUT2D eigenvalue weighted by molar-refractivity contribution is 7.09. The van der Waals surface area contributed by atoms with E-state index in [1.807, 2.05) is 22.1 Å². The number of hydrogen-bond donors (Lipinski definition) is 1. The van der Waals surface area contributed by atoms with Crippen LogP contribution >= 0.6 is 11.3 Å². The monoisotopic (exact) mass is 419 g/mol. The number of carboxylic acids is 1. The molecule has 0 bridgehead atoms. The number of aliphatic carboxylic acids is 1. The quantitative estimate of drug-likeness (QED) is 0.808. The Morgan fingerprint density at radius 2 is 1.93 bits per heavy atom. The molecule has 2 atom stereocenters. The number of carboxylic acid groups (broad SMARTS) is 1. The summed E-state index contributed by atoms with van der Waals surface area (Å²) in [6.07, 6.45) is -3.01. The van der Waals surface area contributed by atoms with Gasteiger partial charge in [0, 0.05) is 36.9 Å². The van der Waals surface area contributed by atoms with Crippen LogP contribution in [0.5, 0.6) is 0 Å².